The fourth-order valence-corrected chi connectivity index (χ4v) is 2.34. The van der Waals surface area contributed by atoms with E-state index >= 15 is 0 Å². The highest BCUT2D eigenvalue weighted by molar-refractivity contribution is 5.95. The highest BCUT2D eigenvalue weighted by atomic mass is 16.5. The lowest BCUT2D eigenvalue weighted by molar-refractivity contribution is -0.118. The Bertz CT molecular complexity index is 651. The van der Waals surface area contributed by atoms with E-state index in [9.17, 15) is 4.79 Å². The van der Waals surface area contributed by atoms with Crippen molar-refractivity contribution in [3.05, 3.63) is 41.7 Å². The number of hydrogen-bond donors (Lipinski definition) is 2. The summed E-state index contributed by atoms with van der Waals surface area (Å²) in [4.78, 5) is 11.3. The van der Waals surface area contributed by atoms with Crippen LogP contribution in [-0.2, 0) is 24.8 Å². The molecule has 21 heavy (non-hydrogen) atoms. The summed E-state index contributed by atoms with van der Waals surface area (Å²) in [6.07, 6.45) is 2.74. The molecule has 0 aliphatic carbocycles. The molecule has 0 fully saturated rings. The smallest absolute Gasteiger partial charge is 0.262 e. The number of ether oxygens (including phenoxy) is 1. The minimum Gasteiger partial charge on any atom is -0.482 e. The Balaban J connectivity index is 1.53. The van der Waals surface area contributed by atoms with Gasteiger partial charge >= 0.3 is 0 Å². The van der Waals surface area contributed by atoms with Crippen LogP contribution in [0.3, 0.4) is 0 Å². The molecule has 1 amide bonds. The summed E-state index contributed by atoms with van der Waals surface area (Å²) in [5.41, 5.74) is 3.07. The van der Waals surface area contributed by atoms with Crippen molar-refractivity contribution in [1.29, 1.82) is 0 Å². The number of carbonyl (C=O) groups is 1. The van der Waals surface area contributed by atoms with Crippen LogP contribution in [0.4, 0.5) is 5.69 Å². The Morgan fingerprint density at radius 3 is 3.14 bits per heavy atom. The topological polar surface area (TPSA) is 68.2 Å². The van der Waals surface area contributed by atoms with Crippen LogP contribution in [0.15, 0.2) is 30.5 Å². The van der Waals surface area contributed by atoms with Crippen molar-refractivity contribution in [2.75, 3.05) is 18.5 Å². The van der Waals surface area contributed by atoms with E-state index in [-0.39, 0.29) is 12.5 Å². The second kappa shape index (κ2) is 5.97. The Labute approximate surface area is 123 Å². The number of aryl methyl sites for hydroxylation is 1. The third kappa shape index (κ3) is 3.22. The number of nitrogens with one attached hydrogen (secondary N) is 2. The van der Waals surface area contributed by atoms with Gasteiger partial charge < -0.3 is 15.4 Å². The van der Waals surface area contributed by atoms with Crippen LogP contribution in [0.1, 0.15) is 11.3 Å². The molecule has 2 aromatic rings. The average molecular weight is 286 g/mol. The molecule has 0 saturated carbocycles. The first-order valence-corrected chi connectivity index (χ1v) is 6.95. The third-order valence-corrected chi connectivity index (χ3v) is 3.49. The van der Waals surface area contributed by atoms with E-state index in [0.717, 1.165) is 36.5 Å². The largest absolute Gasteiger partial charge is 0.482 e. The molecule has 6 heteroatoms. The molecule has 0 saturated heterocycles. The molecular formula is C15H18N4O2. The second-order valence-corrected chi connectivity index (χ2v) is 5.04. The Morgan fingerprint density at radius 2 is 2.33 bits per heavy atom. The lowest BCUT2D eigenvalue weighted by Crippen LogP contribution is -2.25. The van der Waals surface area contributed by atoms with E-state index in [1.54, 1.807) is 0 Å². The van der Waals surface area contributed by atoms with Gasteiger partial charge in [0, 0.05) is 38.4 Å². The molecule has 1 aliphatic rings. The summed E-state index contributed by atoms with van der Waals surface area (Å²) in [5.74, 6) is 0.622. The molecule has 0 spiro atoms. The van der Waals surface area contributed by atoms with Gasteiger partial charge in [0.05, 0.1) is 5.69 Å². The highest BCUT2D eigenvalue weighted by Gasteiger charge is 2.15. The molecule has 1 aromatic carbocycles. The minimum absolute atomic E-state index is 0.0926. The molecule has 1 aliphatic heterocycles. The number of carbonyl (C=O) groups excluding carboxylic acids is 1. The van der Waals surface area contributed by atoms with Crippen LogP contribution < -0.4 is 15.4 Å². The SMILES string of the molecule is Cn1nccc1CCNCc1ccc2c(c1)NC(=O)CO2. The van der Waals surface area contributed by atoms with Crippen LogP contribution >= 0.6 is 0 Å². The highest BCUT2D eigenvalue weighted by Crippen LogP contribution is 2.28. The van der Waals surface area contributed by atoms with Gasteiger partial charge in [-0.05, 0) is 23.8 Å². The molecule has 0 bridgehead atoms. The van der Waals surface area contributed by atoms with Gasteiger partial charge in [0.2, 0.25) is 0 Å². The normalized spacial score (nSPS) is 13.5. The Hall–Kier alpha value is -2.34. The summed E-state index contributed by atoms with van der Waals surface area (Å²) in [5, 5.41) is 10.4. The molecule has 6 nitrogen and oxygen atoms in total. The maximum atomic E-state index is 11.3. The predicted molar refractivity (Wildman–Crippen MR) is 79.2 cm³/mol. The van der Waals surface area contributed by atoms with Crippen molar-refractivity contribution in [2.24, 2.45) is 7.05 Å². The standard InChI is InChI=1S/C15H18N4O2/c1-19-12(5-7-17-19)4-6-16-9-11-2-3-14-13(8-11)18-15(20)10-21-14/h2-3,5,7-8,16H,4,6,9-10H2,1H3,(H,18,20). The lowest BCUT2D eigenvalue weighted by Gasteiger charge is -2.18. The Kier molecular flexibility index (Phi) is 3.87. The van der Waals surface area contributed by atoms with E-state index in [0.29, 0.717) is 0 Å². The van der Waals surface area contributed by atoms with Crippen molar-refractivity contribution in [3.8, 4) is 5.75 Å². The van der Waals surface area contributed by atoms with E-state index in [4.69, 9.17) is 4.74 Å². The summed E-state index contributed by atoms with van der Waals surface area (Å²) in [6, 6.07) is 7.87. The third-order valence-electron chi connectivity index (χ3n) is 3.49. The first kappa shape index (κ1) is 13.6. The van der Waals surface area contributed by atoms with E-state index in [2.05, 4.69) is 15.7 Å². The minimum atomic E-state index is -0.108. The lowest BCUT2D eigenvalue weighted by atomic mass is 10.1. The molecule has 0 radical (unpaired) electrons. The van der Waals surface area contributed by atoms with Gasteiger partial charge in [0.15, 0.2) is 6.61 Å². The summed E-state index contributed by atoms with van der Waals surface area (Å²) in [7, 11) is 1.95. The molecule has 0 unspecified atom stereocenters. The summed E-state index contributed by atoms with van der Waals surface area (Å²) < 4.78 is 7.22. The van der Waals surface area contributed by atoms with Gasteiger partial charge in [-0.25, -0.2) is 0 Å². The van der Waals surface area contributed by atoms with Gasteiger partial charge in [-0.15, -0.1) is 0 Å². The number of aromatic nitrogens is 2. The molecular weight excluding hydrogens is 268 g/mol. The van der Waals surface area contributed by atoms with E-state index in [1.165, 1.54) is 5.69 Å². The zero-order valence-corrected chi connectivity index (χ0v) is 11.9. The quantitative estimate of drug-likeness (QED) is 0.807. The van der Waals surface area contributed by atoms with Crippen LogP contribution in [0, 0.1) is 0 Å². The zero-order valence-electron chi connectivity index (χ0n) is 11.9. The van der Waals surface area contributed by atoms with Crippen LogP contribution in [0.2, 0.25) is 0 Å². The van der Waals surface area contributed by atoms with Crippen molar-refractivity contribution in [2.45, 2.75) is 13.0 Å². The predicted octanol–water partition coefficient (Wildman–Crippen LogP) is 1.08. The van der Waals surface area contributed by atoms with Crippen molar-refractivity contribution >= 4 is 11.6 Å². The van der Waals surface area contributed by atoms with Crippen molar-refractivity contribution in [3.63, 3.8) is 0 Å². The summed E-state index contributed by atoms with van der Waals surface area (Å²) >= 11 is 0. The summed E-state index contributed by atoms with van der Waals surface area (Å²) in [6.45, 7) is 1.72. The number of benzene rings is 1. The zero-order chi connectivity index (χ0) is 14.7. The number of hydrogen-bond acceptors (Lipinski definition) is 4. The Morgan fingerprint density at radius 1 is 1.43 bits per heavy atom. The molecule has 110 valence electrons. The van der Waals surface area contributed by atoms with E-state index in [1.807, 2.05) is 42.2 Å². The second-order valence-electron chi connectivity index (χ2n) is 5.04. The number of amides is 1. The van der Waals surface area contributed by atoms with Crippen LogP contribution in [0.5, 0.6) is 5.75 Å². The number of anilines is 1. The van der Waals surface area contributed by atoms with Crippen LogP contribution in [0.25, 0.3) is 0 Å². The fraction of sp³-hybridized carbons (Fsp3) is 0.333. The van der Waals surface area contributed by atoms with E-state index < -0.39 is 0 Å². The number of rotatable bonds is 5. The fourth-order valence-electron chi connectivity index (χ4n) is 2.34. The van der Waals surface area contributed by atoms with Gasteiger partial charge in [0.1, 0.15) is 5.75 Å². The maximum Gasteiger partial charge on any atom is 0.262 e. The molecule has 2 heterocycles. The number of nitrogens with zero attached hydrogens (tertiary/aromatic N) is 2. The molecule has 3 rings (SSSR count). The molecule has 2 N–H and O–H groups in total. The van der Waals surface area contributed by atoms with Gasteiger partial charge in [0.25, 0.3) is 5.91 Å². The molecule has 1 aromatic heterocycles. The first-order valence-electron chi connectivity index (χ1n) is 6.95. The van der Waals surface area contributed by atoms with Gasteiger partial charge in [-0.2, -0.15) is 5.10 Å². The monoisotopic (exact) mass is 286 g/mol. The van der Waals surface area contributed by atoms with Gasteiger partial charge in [-0.3, -0.25) is 9.48 Å². The van der Waals surface area contributed by atoms with Crippen molar-refractivity contribution < 1.29 is 9.53 Å². The molecule has 0 atom stereocenters. The van der Waals surface area contributed by atoms with Crippen LogP contribution in [-0.4, -0.2) is 28.8 Å². The first-order chi connectivity index (χ1) is 10.2. The average Bonchev–Trinajstić information content (AvgIpc) is 2.88. The van der Waals surface area contributed by atoms with Crippen molar-refractivity contribution in [1.82, 2.24) is 15.1 Å². The maximum absolute atomic E-state index is 11.3. The number of fused-ring (bicyclic) bond motifs is 1. The van der Waals surface area contributed by atoms with Gasteiger partial charge in [-0.1, -0.05) is 6.07 Å².